The number of nitrogens with two attached hydrogens (primary N) is 1. The average Bonchev–Trinajstić information content (AvgIpc) is 3.43. The molecule has 0 aliphatic carbocycles. The summed E-state index contributed by atoms with van der Waals surface area (Å²) in [7, 11) is 1.75. The summed E-state index contributed by atoms with van der Waals surface area (Å²) in [6.45, 7) is 0. The molecule has 11 nitrogen and oxygen atoms in total. The maximum atomic E-state index is 12.9. The number of carbonyl (C=O) groups is 2. The van der Waals surface area contributed by atoms with E-state index in [2.05, 4.69) is 25.9 Å². The Hall–Kier alpha value is -3.80. The van der Waals surface area contributed by atoms with Crippen LogP contribution in [0.1, 0.15) is 30.3 Å². The van der Waals surface area contributed by atoms with Crippen molar-refractivity contribution in [3.8, 4) is 11.3 Å². The van der Waals surface area contributed by atoms with Crippen molar-refractivity contribution in [3.05, 3.63) is 64.0 Å². The number of imidazole rings is 1. The number of carbonyl (C=O) groups excluding carboxylic acids is 1. The Morgan fingerprint density at radius 2 is 1.94 bits per heavy atom. The smallest absolute Gasteiger partial charge is 0.305 e. The molecule has 0 fully saturated rings. The molecular weight excluding hydrogens is 507 g/mol. The highest BCUT2D eigenvalue weighted by Crippen LogP contribution is 2.29. The molecule has 0 spiro atoms. The van der Waals surface area contributed by atoms with Crippen LogP contribution in [0, 0.1) is 0 Å². The second-order valence-corrected chi connectivity index (χ2v) is 8.94. The van der Waals surface area contributed by atoms with E-state index in [1.165, 1.54) is 5.12 Å². The number of nitrogens with zero attached hydrogens (tertiary/aromatic N) is 4. The number of H-pyrrole nitrogens is 1. The number of anilines is 2. The standard InChI is InChI=1S/C23H24Cl2N8O3/c1-32-27-12-33(31-32)18-8-5-15(24)10-14(18)4-9-19(34)28-17(11-20(35)36)23-29-21(22(25)30-23)13-2-6-16(26)7-3-13/h2-3,5-8,10,12,17,31H,4,9,11,26H2,1H3,(H,28,34)(H,29,30)(H,35,36)/t17-/m0/s1. The number of carboxylic acids is 1. The molecular formula is C23H24Cl2N8O3. The summed E-state index contributed by atoms with van der Waals surface area (Å²) in [4.78, 5) is 31.7. The molecule has 6 N–H and O–H groups in total. The minimum Gasteiger partial charge on any atom is -0.481 e. The fourth-order valence-electron chi connectivity index (χ4n) is 3.71. The lowest BCUT2D eigenvalue weighted by molar-refractivity contribution is -0.137. The van der Waals surface area contributed by atoms with E-state index in [-0.39, 0.29) is 29.7 Å². The first-order valence-corrected chi connectivity index (χ1v) is 11.7. The van der Waals surface area contributed by atoms with Crippen molar-refractivity contribution < 1.29 is 14.7 Å². The fraction of sp³-hybridized carbons (Fsp3) is 0.217. The molecule has 1 aromatic heterocycles. The monoisotopic (exact) mass is 530 g/mol. The number of rotatable bonds is 9. The van der Waals surface area contributed by atoms with Crippen molar-refractivity contribution in [3.63, 3.8) is 0 Å². The van der Waals surface area contributed by atoms with E-state index in [0.717, 1.165) is 11.3 Å². The van der Waals surface area contributed by atoms with Crippen molar-refractivity contribution in [1.82, 2.24) is 25.9 Å². The van der Waals surface area contributed by atoms with Gasteiger partial charge in [-0.05, 0) is 42.3 Å². The quantitative estimate of drug-likeness (QED) is 0.264. The third-order valence-electron chi connectivity index (χ3n) is 5.42. The Balaban J connectivity index is 1.48. The zero-order valence-corrected chi connectivity index (χ0v) is 20.7. The summed E-state index contributed by atoms with van der Waals surface area (Å²) in [5, 5.41) is 20.3. The van der Waals surface area contributed by atoms with Gasteiger partial charge in [-0.25, -0.2) is 15.1 Å². The van der Waals surface area contributed by atoms with Gasteiger partial charge in [-0.1, -0.05) is 35.3 Å². The molecule has 0 unspecified atom stereocenters. The van der Waals surface area contributed by atoms with E-state index in [1.807, 2.05) is 6.07 Å². The number of hydrogen-bond donors (Lipinski definition) is 5. The first kappa shape index (κ1) is 25.3. The summed E-state index contributed by atoms with van der Waals surface area (Å²) in [6.07, 6.45) is 1.67. The number of amides is 1. The van der Waals surface area contributed by atoms with Gasteiger partial charge in [0.1, 0.15) is 23.0 Å². The number of benzene rings is 2. The van der Waals surface area contributed by atoms with E-state index in [0.29, 0.717) is 28.4 Å². The van der Waals surface area contributed by atoms with Crippen LogP contribution in [0.5, 0.6) is 0 Å². The zero-order valence-electron chi connectivity index (χ0n) is 19.2. The largest absolute Gasteiger partial charge is 0.481 e. The number of halogens is 2. The molecule has 0 saturated heterocycles. The van der Waals surface area contributed by atoms with Gasteiger partial charge < -0.3 is 21.1 Å². The Kier molecular flexibility index (Phi) is 7.63. The normalized spacial score (nSPS) is 13.8. The highest BCUT2D eigenvalue weighted by molar-refractivity contribution is 6.32. The fourth-order valence-corrected chi connectivity index (χ4v) is 4.16. The third kappa shape index (κ3) is 6.06. The summed E-state index contributed by atoms with van der Waals surface area (Å²) in [5.74, 6) is -1.21. The maximum Gasteiger partial charge on any atom is 0.305 e. The van der Waals surface area contributed by atoms with Crippen LogP contribution in [0.25, 0.3) is 11.3 Å². The SMILES string of the molecule is CN1N=CN(c2ccc(Cl)cc2CCC(=O)N[C@@H](CC(=O)O)c2nc(-c3ccc(N)cc3)c(Cl)[nH]2)N1. The molecule has 188 valence electrons. The minimum atomic E-state index is -1.09. The summed E-state index contributed by atoms with van der Waals surface area (Å²) < 4.78 is 0. The molecule has 0 bridgehead atoms. The van der Waals surface area contributed by atoms with E-state index < -0.39 is 12.0 Å². The van der Waals surface area contributed by atoms with Crippen molar-refractivity contribution in [2.45, 2.75) is 25.3 Å². The lowest BCUT2D eigenvalue weighted by Crippen LogP contribution is -2.39. The number of nitrogens with one attached hydrogen (secondary N) is 3. The Bertz CT molecular complexity index is 1300. The molecule has 2 heterocycles. The van der Waals surface area contributed by atoms with Crippen LogP contribution in [0.15, 0.2) is 47.6 Å². The summed E-state index contributed by atoms with van der Waals surface area (Å²) >= 11 is 12.5. The van der Waals surface area contributed by atoms with Crippen LogP contribution < -0.4 is 21.6 Å². The van der Waals surface area contributed by atoms with Gasteiger partial charge in [0, 0.05) is 29.7 Å². The molecule has 13 heteroatoms. The molecule has 1 aliphatic rings. The van der Waals surface area contributed by atoms with Gasteiger partial charge in [-0.2, -0.15) is 0 Å². The van der Waals surface area contributed by atoms with E-state index >= 15 is 0 Å². The predicted octanol–water partition coefficient (Wildman–Crippen LogP) is 3.35. The highest BCUT2D eigenvalue weighted by Gasteiger charge is 2.24. The Morgan fingerprint density at radius 1 is 1.19 bits per heavy atom. The van der Waals surface area contributed by atoms with Gasteiger partial charge in [0.15, 0.2) is 0 Å². The van der Waals surface area contributed by atoms with E-state index in [9.17, 15) is 14.7 Å². The second-order valence-electron chi connectivity index (χ2n) is 8.12. The van der Waals surface area contributed by atoms with Crippen molar-refractivity contribution in [1.29, 1.82) is 0 Å². The van der Waals surface area contributed by atoms with Gasteiger partial charge in [-0.3, -0.25) is 9.59 Å². The first-order chi connectivity index (χ1) is 17.2. The number of hydrazine groups is 2. The average molecular weight is 531 g/mol. The van der Waals surface area contributed by atoms with Crippen molar-refractivity contribution >= 4 is 52.8 Å². The Morgan fingerprint density at radius 3 is 2.61 bits per heavy atom. The van der Waals surface area contributed by atoms with Crippen LogP contribution in [0.4, 0.5) is 11.4 Å². The Labute approximate surface area is 216 Å². The minimum absolute atomic E-state index is 0.0868. The molecule has 1 amide bonds. The number of hydrazone groups is 1. The lowest BCUT2D eigenvalue weighted by Gasteiger charge is -2.20. The molecule has 1 aliphatic heterocycles. The van der Waals surface area contributed by atoms with Gasteiger partial charge in [0.25, 0.3) is 0 Å². The number of hydrogen-bond acceptors (Lipinski definition) is 8. The van der Waals surface area contributed by atoms with Gasteiger partial charge in [0.05, 0.1) is 18.2 Å². The van der Waals surface area contributed by atoms with Crippen molar-refractivity contribution in [2.75, 3.05) is 17.8 Å². The highest BCUT2D eigenvalue weighted by atomic mass is 35.5. The molecule has 2 aromatic carbocycles. The molecule has 3 aromatic rings. The zero-order chi connectivity index (χ0) is 25.8. The van der Waals surface area contributed by atoms with Crippen LogP contribution in [-0.2, 0) is 16.0 Å². The summed E-state index contributed by atoms with van der Waals surface area (Å²) in [5.41, 5.74) is 12.1. The van der Waals surface area contributed by atoms with Gasteiger partial charge >= 0.3 is 5.97 Å². The van der Waals surface area contributed by atoms with Crippen LogP contribution in [0.3, 0.4) is 0 Å². The molecule has 1 atom stereocenters. The molecule has 0 saturated carbocycles. The maximum absolute atomic E-state index is 12.9. The number of aromatic nitrogens is 2. The van der Waals surface area contributed by atoms with Gasteiger partial charge in [0.2, 0.25) is 5.91 Å². The first-order valence-electron chi connectivity index (χ1n) is 10.9. The molecule has 0 radical (unpaired) electrons. The molecule has 4 rings (SSSR count). The second kappa shape index (κ2) is 10.9. The third-order valence-corrected chi connectivity index (χ3v) is 5.93. The lowest BCUT2D eigenvalue weighted by atomic mass is 10.1. The number of carboxylic acid groups (broad SMARTS) is 1. The number of aromatic amines is 1. The van der Waals surface area contributed by atoms with Crippen molar-refractivity contribution in [2.24, 2.45) is 5.10 Å². The van der Waals surface area contributed by atoms with E-state index in [4.69, 9.17) is 28.9 Å². The van der Waals surface area contributed by atoms with Crippen LogP contribution in [0.2, 0.25) is 10.2 Å². The molecule has 36 heavy (non-hydrogen) atoms. The van der Waals surface area contributed by atoms with Crippen LogP contribution >= 0.6 is 23.2 Å². The van der Waals surface area contributed by atoms with Crippen LogP contribution in [-0.4, -0.2) is 45.5 Å². The number of aryl methyl sites for hydroxylation is 1. The van der Waals surface area contributed by atoms with E-state index in [1.54, 1.807) is 54.8 Å². The topological polar surface area (TPSA) is 152 Å². The van der Waals surface area contributed by atoms with Gasteiger partial charge in [-0.15, -0.1) is 10.6 Å². The predicted molar refractivity (Wildman–Crippen MR) is 138 cm³/mol. The number of nitrogen functional groups attached to an aromatic ring is 1. The number of aliphatic carboxylic acids is 1. The summed E-state index contributed by atoms with van der Waals surface area (Å²) in [6, 6.07) is 11.4.